The molecule has 0 radical (unpaired) electrons. The summed E-state index contributed by atoms with van der Waals surface area (Å²) in [5.41, 5.74) is 5.47. The average Bonchev–Trinajstić information content (AvgIpc) is 2.47. The van der Waals surface area contributed by atoms with E-state index in [1.807, 2.05) is 11.9 Å². The predicted molar refractivity (Wildman–Crippen MR) is 48.1 cm³/mol. The Hall–Kier alpha value is -1.23. The molecule has 0 saturated carbocycles. The van der Waals surface area contributed by atoms with Crippen molar-refractivity contribution >= 4 is 11.6 Å². The number of aromatic amines is 1. The van der Waals surface area contributed by atoms with Crippen molar-refractivity contribution in [2.24, 2.45) is 0 Å². The number of likely N-dealkylation sites (N-methyl/N-ethyl adjacent to an activating group) is 1. The van der Waals surface area contributed by atoms with Crippen molar-refractivity contribution in [3.05, 3.63) is 6.07 Å². The predicted octanol–water partition coefficient (Wildman–Crippen LogP) is 0.0745. The Morgan fingerprint density at radius 3 is 3.00 bits per heavy atom. The van der Waals surface area contributed by atoms with Crippen LogP contribution < -0.4 is 10.6 Å². The lowest BCUT2D eigenvalue weighted by Crippen LogP contribution is -2.22. The highest BCUT2D eigenvalue weighted by molar-refractivity contribution is 5.45. The molecule has 0 aliphatic rings. The molecule has 0 bridgehead atoms. The zero-order chi connectivity index (χ0) is 8.97. The number of nitrogens with zero attached hydrogens (tertiary/aromatic N) is 2. The van der Waals surface area contributed by atoms with Crippen molar-refractivity contribution in [1.82, 2.24) is 10.2 Å². The zero-order valence-corrected chi connectivity index (χ0v) is 7.37. The van der Waals surface area contributed by atoms with Crippen molar-refractivity contribution in [1.29, 1.82) is 0 Å². The normalized spacial score (nSPS) is 10.2. The van der Waals surface area contributed by atoms with Gasteiger partial charge in [0.05, 0.1) is 6.61 Å². The Bertz CT molecular complexity index is 235. The summed E-state index contributed by atoms with van der Waals surface area (Å²) in [6, 6.07) is 1.79. The van der Waals surface area contributed by atoms with Crippen LogP contribution in [-0.2, 0) is 4.74 Å². The van der Waals surface area contributed by atoms with Gasteiger partial charge in [-0.25, -0.2) is 0 Å². The number of nitrogens with one attached hydrogen (secondary N) is 1. The molecule has 5 heteroatoms. The monoisotopic (exact) mass is 170 g/mol. The lowest BCUT2D eigenvalue weighted by atomic mass is 10.5. The molecule has 68 valence electrons. The molecule has 0 aliphatic carbocycles. The van der Waals surface area contributed by atoms with E-state index in [1.54, 1.807) is 13.2 Å². The van der Waals surface area contributed by atoms with Gasteiger partial charge in [0.25, 0.3) is 0 Å². The average molecular weight is 170 g/mol. The van der Waals surface area contributed by atoms with Crippen LogP contribution >= 0.6 is 0 Å². The van der Waals surface area contributed by atoms with Crippen molar-refractivity contribution in [3.8, 4) is 0 Å². The number of aromatic nitrogens is 2. The molecule has 0 fully saturated rings. The van der Waals surface area contributed by atoms with E-state index in [1.165, 1.54) is 0 Å². The molecule has 1 heterocycles. The molecule has 0 aliphatic heterocycles. The topological polar surface area (TPSA) is 67.2 Å². The van der Waals surface area contributed by atoms with Crippen LogP contribution in [0.5, 0.6) is 0 Å². The smallest absolute Gasteiger partial charge is 0.152 e. The van der Waals surface area contributed by atoms with Crippen LogP contribution in [0, 0.1) is 0 Å². The fourth-order valence-electron chi connectivity index (χ4n) is 0.864. The lowest BCUT2D eigenvalue weighted by molar-refractivity contribution is 0.206. The SMILES string of the molecule is COCCN(C)c1cc(N)[nH]n1. The minimum atomic E-state index is 0.578. The summed E-state index contributed by atoms with van der Waals surface area (Å²) < 4.78 is 4.93. The van der Waals surface area contributed by atoms with Gasteiger partial charge in [-0.3, -0.25) is 5.10 Å². The molecule has 3 N–H and O–H groups in total. The highest BCUT2D eigenvalue weighted by Gasteiger charge is 2.02. The molecule has 0 spiro atoms. The number of ether oxygens (including phenoxy) is 1. The number of hydrogen-bond donors (Lipinski definition) is 2. The van der Waals surface area contributed by atoms with Gasteiger partial charge in [-0.05, 0) is 0 Å². The van der Waals surface area contributed by atoms with Crippen molar-refractivity contribution < 1.29 is 4.74 Å². The molecule has 5 nitrogen and oxygen atoms in total. The van der Waals surface area contributed by atoms with E-state index in [0.29, 0.717) is 12.4 Å². The van der Waals surface area contributed by atoms with Gasteiger partial charge in [0.15, 0.2) is 5.82 Å². The maximum atomic E-state index is 5.47. The first-order valence-corrected chi connectivity index (χ1v) is 3.75. The molecule has 1 aromatic heterocycles. The van der Waals surface area contributed by atoms with Gasteiger partial charge in [-0.1, -0.05) is 0 Å². The summed E-state index contributed by atoms with van der Waals surface area (Å²) in [5, 5.41) is 6.66. The summed E-state index contributed by atoms with van der Waals surface area (Å²) in [5.74, 6) is 1.42. The molecule has 0 aromatic carbocycles. The molecule has 1 aromatic rings. The van der Waals surface area contributed by atoms with Crippen molar-refractivity contribution in [2.45, 2.75) is 0 Å². The second kappa shape index (κ2) is 3.96. The molecular weight excluding hydrogens is 156 g/mol. The van der Waals surface area contributed by atoms with Crippen LogP contribution in [0.3, 0.4) is 0 Å². The molecular formula is C7H14N4O. The van der Waals surface area contributed by atoms with Gasteiger partial charge < -0.3 is 15.4 Å². The molecule has 0 atom stereocenters. The second-order valence-corrected chi connectivity index (χ2v) is 2.60. The van der Waals surface area contributed by atoms with E-state index >= 15 is 0 Å². The third-order valence-electron chi connectivity index (χ3n) is 1.61. The Morgan fingerprint density at radius 2 is 2.50 bits per heavy atom. The van der Waals surface area contributed by atoms with E-state index in [-0.39, 0.29) is 0 Å². The molecule has 12 heavy (non-hydrogen) atoms. The van der Waals surface area contributed by atoms with Crippen molar-refractivity contribution in [2.75, 3.05) is 37.9 Å². The highest BCUT2D eigenvalue weighted by atomic mass is 16.5. The molecule has 0 saturated heterocycles. The van der Waals surface area contributed by atoms with Crippen LogP contribution in [0.2, 0.25) is 0 Å². The van der Waals surface area contributed by atoms with Crippen LogP contribution in [0.15, 0.2) is 6.07 Å². The Labute approximate surface area is 71.5 Å². The van der Waals surface area contributed by atoms with E-state index in [0.717, 1.165) is 12.4 Å². The van der Waals surface area contributed by atoms with Gasteiger partial charge in [-0.2, -0.15) is 5.10 Å². The van der Waals surface area contributed by atoms with Crippen LogP contribution in [0.1, 0.15) is 0 Å². The summed E-state index contributed by atoms with van der Waals surface area (Å²) in [4.78, 5) is 1.97. The van der Waals surface area contributed by atoms with Gasteiger partial charge >= 0.3 is 0 Å². The van der Waals surface area contributed by atoms with E-state index < -0.39 is 0 Å². The van der Waals surface area contributed by atoms with Gasteiger partial charge in [-0.15, -0.1) is 0 Å². The first-order chi connectivity index (χ1) is 5.74. The van der Waals surface area contributed by atoms with E-state index in [4.69, 9.17) is 10.5 Å². The maximum Gasteiger partial charge on any atom is 0.152 e. The number of nitrogen functional groups attached to an aromatic ring is 1. The third-order valence-corrected chi connectivity index (χ3v) is 1.61. The number of hydrogen-bond acceptors (Lipinski definition) is 4. The second-order valence-electron chi connectivity index (χ2n) is 2.60. The van der Waals surface area contributed by atoms with E-state index in [2.05, 4.69) is 10.2 Å². The molecule has 0 amide bonds. The molecule has 0 unspecified atom stereocenters. The number of nitrogens with two attached hydrogens (primary N) is 1. The van der Waals surface area contributed by atoms with Gasteiger partial charge in [0.2, 0.25) is 0 Å². The first-order valence-electron chi connectivity index (χ1n) is 3.75. The number of methoxy groups -OCH3 is 1. The Balaban J connectivity index is 2.47. The largest absolute Gasteiger partial charge is 0.384 e. The quantitative estimate of drug-likeness (QED) is 0.671. The molecule has 1 rings (SSSR count). The Morgan fingerprint density at radius 1 is 1.75 bits per heavy atom. The van der Waals surface area contributed by atoms with E-state index in [9.17, 15) is 0 Å². The Kier molecular flexibility index (Phi) is 2.93. The summed E-state index contributed by atoms with van der Waals surface area (Å²) in [7, 11) is 3.61. The summed E-state index contributed by atoms with van der Waals surface area (Å²) in [6.45, 7) is 1.49. The first kappa shape index (κ1) is 8.86. The van der Waals surface area contributed by atoms with Gasteiger partial charge in [0, 0.05) is 26.8 Å². The maximum absolute atomic E-state index is 5.47. The van der Waals surface area contributed by atoms with Crippen LogP contribution in [-0.4, -0.2) is 37.5 Å². The van der Waals surface area contributed by atoms with Crippen LogP contribution in [0.25, 0.3) is 0 Å². The standard InChI is InChI=1S/C7H14N4O/c1-11(3-4-12-2)7-5-6(8)9-10-7/h5H,3-4H2,1-2H3,(H3,8,9,10). The third kappa shape index (κ3) is 2.13. The number of anilines is 2. The summed E-state index contributed by atoms with van der Waals surface area (Å²) in [6.07, 6.45) is 0. The minimum absolute atomic E-state index is 0.578. The van der Waals surface area contributed by atoms with Gasteiger partial charge in [0.1, 0.15) is 5.82 Å². The minimum Gasteiger partial charge on any atom is -0.384 e. The highest BCUT2D eigenvalue weighted by Crippen LogP contribution is 2.10. The van der Waals surface area contributed by atoms with Crippen LogP contribution in [0.4, 0.5) is 11.6 Å². The van der Waals surface area contributed by atoms with Crippen molar-refractivity contribution in [3.63, 3.8) is 0 Å². The lowest BCUT2D eigenvalue weighted by Gasteiger charge is -2.14. The fraction of sp³-hybridized carbons (Fsp3) is 0.571. The number of H-pyrrole nitrogens is 1. The number of rotatable bonds is 4. The zero-order valence-electron chi connectivity index (χ0n) is 7.37. The fourth-order valence-corrected chi connectivity index (χ4v) is 0.864. The summed E-state index contributed by atoms with van der Waals surface area (Å²) >= 11 is 0.